The van der Waals surface area contributed by atoms with Crippen LogP contribution >= 0.6 is 0 Å². The zero-order chi connectivity index (χ0) is 22.2. The summed E-state index contributed by atoms with van der Waals surface area (Å²) in [6, 6.07) is 17.3. The molecule has 3 rings (SSSR count). The summed E-state index contributed by atoms with van der Waals surface area (Å²) in [6.07, 6.45) is 1.10. The van der Waals surface area contributed by atoms with Crippen LogP contribution in [0.25, 0.3) is 11.1 Å². The second-order valence-electron chi connectivity index (χ2n) is 5.99. The third-order valence-electron chi connectivity index (χ3n) is 2.71. The molecule has 0 saturated heterocycles. The van der Waals surface area contributed by atoms with Crippen molar-refractivity contribution in [3.8, 4) is 11.1 Å². The predicted octanol–water partition coefficient (Wildman–Crippen LogP) is 2.44. The summed E-state index contributed by atoms with van der Waals surface area (Å²) in [5.41, 5.74) is 5.75. The van der Waals surface area contributed by atoms with E-state index >= 15 is 0 Å². The van der Waals surface area contributed by atoms with E-state index in [4.69, 9.17) is 0 Å². The van der Waals surface area contributed by atoms with Gasteiger partial charge in [0.2, 0.25) is 0 Å². The van der Waals surface area contributed by atoms with Crippen molar-refractivity contribution in [3.63, 3.8) is 0 Å². The molecule has 0 radical (unpaired) electrons. The minimum absolute atomic E-state index is 1.10. The Bertz CT molecular complexity index is 489. The molecule has 1 aliphatic rings. The Balaban J connectivity index is -0.000000350. The van der Waals surface area contributed by atoms with Crippen LogP contribution in [0.1, 0.15) is 11.1 Å². The van der Waals surface area contributed by atoms with Gasteiger partial charge >= 0.3 is 0 Å². The molecule has 0 unspecified atom stereocenters. The summed E-state index contributed by atoms with van der Waals surface area (Å²) in [7, 11) is 18.8. The zero-order valence-electron chi connectivity index (χ0n) is 19.8. The minimum Gasteiger partial charge on any atom is -0.323 e. The molecule has 0 aliphatic heterocycles. The van der Waals surface area contributed by atoms with Gasteiger partial charge in [-0.05, 0) is 99.2 Å². The van der Waals surface area contributed by atoms with E-state index in [1.165, 1.54) is 22.3 Å². The van der Waals surface area contributed by atoms with E-state index in [1.807, 2.05) is 70.5 Å². The normalized spacial score (nSPS) is 8.93. The van der Waals surface area contributed by atoms with E-state index in [9.17, 15) is 0 Å². The van der Waals surface area contributed by atoms with Crippen LogP contribution in [0.2, 0.25) is 0 Å². The highest BCUT2D eigenvalue weighted by Gasteiger charge is 2.15. The van der Waals surface area contributed by atoms with E-state index in [0.29, 0.717) is 0 Å². The molecule has 1 aliphatic carbocycles. The molecule has 5 nitrogen and oxygen atoms in total. The van der Waals surface area contributed by atoms with Gasteiger partial charge in [0.05, 0.1) is 0 Å². The molecule has 0 saturated carbocycles. The standard InChI is InChI=1S/C13H10.5C2H7N/c1-3-7-12-10(5-1)9-11-6-2-4-8-13(11)12;5*1-3-2/h1-8H,9H2;5*3H,1-2H3. The molecular weight excluding hydrogens is 346 g/mol. The molecule has 5 N–H and O–H groups in total. The molecule has 0 heterocycles. The lowest BCUT2D eigenvalue weighted by atomic mass is 10.1. The van der Waals surface area contributed by atoms with Gasteiger partial charge in [-0.2, -0.15) is 0 Å². The Kier molecular flexibility index (Phi) is 27.9. The monoisotopic (exact) mass is 391 g/mol. The summed E-state index contributed by atoms with van der Waals surface area (Å²) in [4.78, 5) is 0. The fourth-order valence-electron chi connectivity index (χ4n) is 2.08. The van der Waals surface area contributed by atoms with Crippen LogP contribution in [0, 0.1) is 0 Å². The highest BCUT2D eigenvalue weighted by molar-refractivity contribution is 5.76. The van der Waals surface area contributed by atoms with Crippen LogP contribution in [0.3, 0.4) is 0 Å². The van der Waals surface area contributed by atoms with Gasteiger partial charge < -0.3 is 26.6 Å². The quantitative estimate of drug-likeness (QED) is 0.407. The maximum atomic E-state index is 2.75. The molecule has 2 aromatic carbocycles. The van der Waals surface area contributed by atoms with Crippen molar-refractivity contribution >= 4 is 0 Å². The average molecular weight is 392 g/mol. The molecule has 0 spiro atoms. The molecule has 0 aromatic heterocycles. The molecular formula is C23H45N5. The molecule has 2 aromatic rings. The fourth-order valence-corrected chi connectivity index (χ4v) is 2.08. The first kappa shape index (κ1) is 31.0. The van der Waals surface area contributed by atoms with Crippen LogP contribution in [0.5, 0.6) is 0 Å². The minimum atomic E-state index is 1.10. The van der Waals surface area contributed by atoms with Crippen molar-refractivity contribution in [1.29, 1.82) is 0 Å². The molecule has 0 atom stereocenters. The van der Waals surface area contributed by atoms with Gasteiger partial charge in [-0.3, -0.25) is 0 Å². The number of fused-ring (bicyclic) bond motifs is 3. The highest BCUT2D eigenvalue weighted by Crippen LogP contribution is 2.35. The van der Waals surface area contributed by atoms with E-state index in [-0.39, 0.29) is 0 Å². The van der Waals surface area contributed by atoms with E-state index < -0.39 is 0 Å². The lowest BCUT2D eigenvalue weighted by Crippen LogP contribution is -1.89. The van der Waals surface area contributed by atoms with Gasteiger partial charge in [0.25, 0.3) is 0 Å². The smallest absolute Gasteiger partial charge is 0.00135 e. The number of hydrogen-bond donors (Lipinski definition) is 5. The van der Waals surface area contributed by atoms with Crippen molar-refractivity contribution in [3.05, 3.63) is 59.7 Å². The van der Waals surface area contributed by atoms with Crippen LogP contribution < -0.4 is 26.6 Å². The largest absolute Gasteiger partial charge is 0.323 e. The maximum Gasteiger partial charge on any atom is -0.00135 e. The van der Waals surface area contributed by atoms with Crippen LogP contribution in [0.4, 0.5) is 0 Å². The first-order chi connectivity index (χ1) is 13.5. The van der Waals surface area contributed by atoms with Crippen molar-refractivity contribution in [1.82, 2.24) is 26.6 Å². The van der Waals surface area contributed by atoms with Gasteiger partial charge in [-0.25, -0.2) is 0 Å². The number of nitrogens with one attached hydrogen (secondary N) is 5. The maximum absolute atomic E-state index is 2.75. The molecule has 5 heteroatoms. The highest BCUT2D eigenvalue weighted by atomic mass is 14.7. The van der Waals surface area contributed by atoms with Crippen molar-refractivity contribution in [2.45, 2.75) is 6.42 Å². The van der Waals surface area contributed by atoms with E-state index in [2.05, 4.69) is 75.1 Å². The first-order valence-electron chi connectivity index (χ1n) is 9.61. The molecule has 162 valence electrons. The Morgan fingerprint density at radius 3 is 0.893 bits per heavy atom. The third-order valence-corrected chi connectivity index (χ3v) is 2.71. The summed E-state index contributed by atoms with van der Waals surface area (Å²) >= 11 is 0. The Hall–Kier alpha value is -1.76. The lowest BCUT2D eigenvalue weighted by Gasteiger charge is -1.98. The summed E-state index contributed by atoms with van der Waals surface area (Å²) in [5, 5.41) is 13.8. The van der Waals surface area contributed by atoms with Crippen molar-refractivity contribution in [2.75, 3.05) is 70.5 Å². The Morgan fingerprint density at radius 1 is 0.429 bits per heavy atom. The number of rotatable bonds is 0. The van der Waals surface area contributed by atoms with Gasteiger partial charge in [-0.1, -0.05) is 48.5 Å². The molecule has 28 heavy (non-hydrogen) atoms. The topological polar surface area (TPSA) is 60.1 Å². The van der Waals surface area contributed by atoms with Crippen molar-refractivity contribution < 1.29 is 0 Å². The Labute approximate surface area is 174 Å². The lowest BCUT2D eigenvalue weighted by molar-refractivity contribution is 1.02. The van der Waals surface area contributed by atoms with Gasteiger partial charge in [0.15, 0.2) is 0 Å². The SMILES string of the molecule is CNC.CNC.CNC.CNC.CNC.c1ccc2c(c1)Cc1ccccc1-2. The number of benzene rings is 2. The van der Waals surface area contributed by atoms with Crippen LogP contribution in [0.15, 0.2) is 48.5 Å². The van der Waals surface area contributed by atoms with Crippen LogP contribution in [-0.4, -0.2) is 70.5 Å². The average Bonchev–Trinajstić information content (AvgIpc) is 3.04. The summed E-state index contributed by atoms with van der Waals surface area (Å²) in [5.74, 6) is 0. The van der Waals surface area contributed by atoms with Gasteiger partial charge in [0.1, 0.15) is 0 Å². The Morgan fingerprint density at radius 2 is 0.643 bits per heavy atom. The summed E-state index contributed by atoms with van der Waals surface area (Å²) in [6.45, 7) is 0. The fraction of sp³-hybridized carbons (Fsp3) is 0.478. The van der Waals surface area contributed by atoms with E-state index in [1.54, 1.807) is 0 Å². The van der Waals surface area contributed by atoms with Gasteiger partial charge in [-0.15, -0.1) is 0 Å². The third kappa shape index (κ3) is 16.4. The van der Waals surface area contributed by atoms with Crippen molar-refractivity contribution in [2.24, 2.45) is 0 Å². The van der Waals surface area contributed by atoms with Gasteiger partial charge in [0, 0.05) is 0 Å². The second kappa shape index (κ2) is 25.2. The molecule has 0 fully saturated rings. The molecule has 0 amide bonds. The molecule has 0 bridgehead atoms. The van der Waals surface area contributed by atoms with E-state index in [0.717, 1.165) is 6.42 Å². The predicted molar refractivity (Wildman–Crippen MR) is 130 cm³/mol. The second-order valence-corrected chi connectivity index (χ2v) is 5.99. The number of hydrogen-bond acceptors (Lipinski definition) is 5. The summed E-state index contributed by atoms with van der Waals surface area (Å²) < 4.78 is 0. The zero-order valence-corrected chi connectivity index (χ0v) is 19.8. The van der Waals surface area contributed by atoms with Crippen LogP contribution in [-0.2, 0) is 6.42 Å². The first-order valence-corrected chi connectivity index (χ1v) is 9.61.